The van der Waals surface area contributed by atoms with Crippen LogP contribution < -0.4 is 5.32 Å². The lowest BCUT2D eigenvalue weighted by Gasteiger charge is -2.50. The first-order valence-corrected chi connectivity index (χ1v) is 12.0. The van der Waals surface area contributed by atoms with Crippen LogP contribution in [0, 0.1) is 0 Å². The summed E-state index contributed by atoms with van der Waals surface area (Å²) < 4.78 is 1.93. The standard InChI is InChI=1S/C25H39N7/c1-26-24(30(3)19-22-18-28-32(20-22)23-10-6-4-7-11-23)27-21-25(12-16-29(2)17-13-25)31-14-8-5-9-15-31/h4,6-7,10-11,18,20H,5,8-9,12-17,19,21H2,1-3H3,(H,26,27). The Labute approximate surface area is 193 Å². The quantitative estimate of drug-likeness (QED) is 0.556. The van der Waals surface area contributed by atoms with Crippen molar-refractivity contribution in [3.63, 3.8) is 0 Å². The van der Waals surface area contributed by atoms with Crippen LogP contribution in [0.3, 0.4) is 0 Å². The second-order valence-electron chi connectivity index (χ2n) is 9.46. The average Bonchev–Trinajstić information content (AvgIpc) is 3.30. The van der Waals surface area contributed by atoms with Crippen LogP contribution in [0.5, 0.6) is 0 Å². The molecule has 32 heavy (non-hydrogen) atoms. The summed E-state index contributed by atoms with van der Waals surface area (Å²) in [5.74, 6) is 0.952. The zero-order chi connectivity index (χ0) is 22.4. The summed E-state index contributed by atoms with van der Waals surface area (Å²) in [6.45, 7) is 6.54. The molecule has 2 aliphatic heterocycles. The highest BCUT2D eigenvalue weighted by Crippen LogP contribution is 2.31. The Morgan fingerprint density at radius 2 is 1.81 bits per heavy atom. The third kappa shape index (κ3) is 5.33. The first kappa shape index (κ1) is 22.8. The number of para-hydroxylation sites is 1. The molecule has 2 saturated heterocycles. The average molecular weight is 438 g/mol. The number of likely N-dealkylation sites (tertiary alicyclic amines) is 2. The molecule has 2 aromatic rings. The van der Waals surface area contributed by atoms with Crippen LogP contribution in [0.1, 0.15) is 37.7 Å². The Hall–Kier alpha value is -2.38. The number of hydrogen-bond donors (Lipinski definition) is 1. The number of aliphatic imine (C=N–C) groups is 1. The smallest absolute Gasteiger partial charge is 0.193 e. The number of nitrogens with one attached hydrogen (secondary N) is 1. The molecular formula is C25H39N7. The van der Waals surface area contributed by atoms with E-state index in [2.05, 4.69) is 62.5 Å². The van der Waals surface area contributed by atoms with Gasteiger partial charge in [-0.25, -0.2) is 4.68 Å². The van der Waals surface area contributed by atoms with Gasteiger partial charge in [0, 0.05) is 44.5 Å². The Kier molecular flexibility index (Phi) is 7.48. The Balaban J connectivity index is 1.39. The predicted molar refractivity (Wildman–Crippen MR) is 131 cm³/mol. The molecule has 1 N–H and O–H groups in total. The van der Waals surface area contributed by atoms with E-state index in [1.165, 1.54) is 63.8 Å². The molecule has 4 rings (SSSR count). The molecule has 3 heterocycles. The monoisotopic (exact) mass is 437 g/mol. The molecule has 0 aliphatic carbocycles. The Morgan fingerprint density at radius 1 is 1.09 bits per heavy atom. The van der Waals surface area contributed by atoms with Crippen molar-refractivity contribution in [2.75, 3.05) is 53.9 Å². The van der Waals surface area contributed by atoms with Gasteiger partial charge < -0.3 is 15.1 Å². The molecule has 0 spiro atoms. The number of guanidine groups is 1. The molecule has 1 aromatic carbocycles. The van der Waals surface area contributed by atoms with Gasteiger partial charge in [0.2, 0.25) is 0 Å². The van der Waals surface area contributed by atoms with Crippen LogP contribution in [-0.4, -0.2) is 89.8 Å². The van der Waals surface area contributed by atoms with Gasteiger partial charge in [-0.2, -0.15) is 5.10 Å². The van der Waals surface area contributed by atoms with E-state index in [1.54, 1.807) is 0 Å². The van der Waals surface area contributed by atoms with Gasteiger partial charge in [-0.3, -0.25) is 9.89 Å². The molecular weight excluding hydrogens is 398 g/mol. The molecule has 0 unspecified atom stereocenters. The van der Waals surface area contributed by atoms with Gasteiger partial charge in [0.25, 0.3) is 0 Å². The fraction of sp³-hybridized carbons (Fsp3) is 0.600. The van der Waals surface area contributed by atoms with Crippen molar-refractivity contribution < 1.29 is 0 Å². The van der Waals surface area contributed by atoms with Crippen molar-refractivity contribution in [2.24, 2.45) is 4.99 Å². The Bertz CT molecular complexity index is 861. The molecule has 2 fully saturated rings. The third-order valence-electron chi connectivity index (χ3n) is 7.17. The van der Waals surface area contributed by atoms with Crippen molar-refractivity contribution in [3.05, 3.63) is 48.3 Å². The number of benzene rings is 1. The maximum atomic E-state index is 4.60. The number of nitrogens with zero attached hydrogens (tertiary/aromatic N) is 6. The lowest BCUT2D eigenvalue weighted by Crippen LogP contribution is -2.62. The highest BCUT2D eigenvalue weighted by molar-refractivity contribution is 5.79. The first-order valence-electron chi connectivity index (χ1n) is 12.0. The summed E-state index contributed by atoms with van der Waals surface area (Å²) in [5.41, 5.74) is 2.49. The molecule has 7 nitrogen and oxygen atoms in total. The largest absolute Gasteiger partial charge is 0.354 e. The number of aromatic nitrogens is 2. The molecule has 0 saturated carbocycles. The van der Waals surface area contributed by atoms with E-state index in [1.807, 2.05) is 36.1 Å². The first-order chi connectivity index (χ1) is 15.6. The minimum Gasteiger partial charge on any atom is -0.354 e. The van der Waals surface area contributed by atoms with Crippen molar-refractivity contribution >= 4 is 5.96 Å². The molecule has 0 bridgehead atoms. The van der Waals surface area contributed by atoms with Crippen LogP contribution in [0.2, 0.25) is 0 Å². The van der Waals surface area contributed by atoms with E-state index in [0.717, 1.165) is 24.7 Å². The van der Waals surface area contributed by atoms with Crippen molar-refractivity contribution in [1.82, 2.24) is 29.8 Å². The molecule has 174 valence electrons. The zero-order valence-corrected chi connectivity index (χ0v) is 20.0. The van der Waals surface area contributed by atoms with Gasteiger partial charge in [-0.15, -0.1) is 0 Å². The highest BCUT2D eigenvalue weighted by Gasteiger charge is 2.39. The van der Waals surface area contributed by atoms with E-state index >= 15 is 0 Å². The van der Waals surface area contributed by atoms with E-state index in [4.69, 9.17) is 0 Å². The summed E-state index contributed by atoms with van der Waals surface area (Å²) in [6, 6.07) is 10.2. The second-order valence-corrected chi connectivity index (χ2v) is 9.46. The van der Waals surface area contributed by atoms with E-state index in [-0.39, 0.29) is 5.54 Å². The highest BCUT2D eigenvalue weighted by atomic mass is 15.3. The van der Waals surface area contributed by atoms with Gasteiger partial charge in [-0.1, -0.05) is 24.6 Å². The van der Waals surface area contributed by atoms with Crippen LogP contribution in [0.15, 0.2) is 47.7 Å². The molecule has 7 heteroatoms. The summed E-state index contributed by atoms with van der Waals surface area (Å²) in [5, 5.41) is 8.28. The summed E-state index contributed by atoms with van der Waals surface area (Å²) in [4.78, 5) is 12.0. The second kappa shape index (κ2) is 10.5. The van der Waals surface area contributed by atoms with Crippen molar-refractivity contribution in [3.8, 4) is 5.69 Å². The SMILES string of the molecule is CN=C(NCC1(N2CCCCC2)CCN(C)CC1)N(C)Cc1cnn(-c2ccccc2)c1. The maximum absolute atomic E-state index is 4.60. The lowest BCUT2D eigenvalue weighted by molar-refractivity contribution is 0.0170. The minimum absolute atomic E-state index is 0.238. The van der Waals surface area contributed by atoms with E-state index in [9.17, 15) is 0 Å². The number of hydrogen-bond acceptors (Lipinski definition) is 4. The van der Waals surface area contributed by atoms with Gasteiger partial charge in [0.15, 0.2) is 5.96 Å². The van der Waals surface area contributed by atoms with Crippen LogP contribution >= 0.6 is 0 Å². The van der Waals surface area contributed by atoms with E-state index in [0.29, 0.717) is 0 Å². The van der Waals surface area contributed by atoms with Crippen molar-refractivity contribution in [2.45, 2.75) is 44.2 Å². The van der Waals surface area contributed by atoms with E-state index < -0.39 is 0 Å². The Morgan fingerprint density at radius 3 is 2.50 bits per heavy atom. The lowest BCUT2D eigenvalue weighted by atomic mass is 9.84. The number of rotatable bonds is 6. The summed E-state index contributed by atoms with van der Waals surface area (Å²) in [6.07, 6.45) is 10.5. The van der Waals surface area contributed by atoms with Crippen LogP contribution in [0.25, 0.3) is 5.69 Å². The molecule has 0 radical (unpaired) electrons. The van der Waals surface area contributed by atoms with Gasteiger partial charge in [-0.05, 0) is 71.0 Å². The fourth-order valence-electron chi connectivity index (χ4n) is 5.15. The summed E-state index contributed by atoms with van der Waals surface area (Å²) in [7, 11) is 6.24. The maximum Gasteiger partial charge on any atom is 0.193 e. The molecule has 1 aromatic heterocycles. The van der Waals surface area contributed by atoms with Crippen molar-refractivity contribution in [1.29, 1.82) is 0 Å². The number of piperidine rings is 2. The van der Waals surface area contributed by atoms with Crippen LogP contribution in [0.4, 0.5) is 0 Å². The normalized spacial score (nSPS) is 20.3. The fourth-order valence-corrected chi connectivity index (χ4v) is 5.15. The molecule has 2 aliphatic rings. The minimum atomic E-state index is 0.238. The third-order valence-corrected chi connectivity index (χ3v) is 7.17. The topological polar surface area (TPSA) is 51.9 Å². The van der Waals surface area contributed by atoms with Crippen LogP contribution in [-0.2, 0) is 6.54 Å². The van der Waals surface area contributed by atoms with Gasteiger partial charge in [0.05, 0.1) is 11.9 Å². The molecule has 0 amide bonds. The zero-order valence-electron chi connectivity index (χ0n) is 20.0. The predicted octanol–water partition coefficient (Wildman–Crippen LogP) is 2.83. The van der Waals surface area contributed by atoms with Gasteiger partial charge in [0.1, 0.15) is 0 Å². The summed E-state index contributed by atoms with van der Waals surface area (Å²) >= 11 is 0. The molecule has 0 atom stereocenters. The van der Waals surface area contributed by atoms with Gasteiger partial charge >= 0.3 is 0 Å².